The molecule has 0 saturated carbocycles. The number of rotatable bonds is 5. The molecule has 1 saturated heterocycles. The molecule has 0 aromatic carbocycles. The van der Waals surface area contributed by atoms with Gasteiger partial charge in [0.2, 0.25) is 5.91 Å². The fourth-order valence-electron chi connectivity index (χ4n) is 2.13. The van der Waals surface area contributed by atoms with Gasteiger partial charge in [0, 0.05) is 19.5 Å². The van der Waals surface area contributed by atoms with Crippen molar-refractivity contribution in [3.63, 3.8) is 0 Å². The summed E-state index contributed by atoms with van der Waals surface area (Å²) in [5.41, 5.74) is 1.08. The summed E-state index contributed by atoms with van der Waals surface area (Å²) in [5.74, 6) is 0.612. The molecule has 0 radical (unpaired) electrons. The fraction of sp³-hybridized carbons (Fsp3) is 0.588. The minimum atomic E-state index is 0.281. The Labute approximate surface area is 118 Å². The Kier molecular flexibility index (Phi) is 9.87. The highest BCUT2D eigenvalue weighted by Gasteiger charge is 2.25. The van der Waals surface area contributed by atoms with Gasteiger partial charge in [-0.05, 0) is 25.7 Å². The van der Waals surface area contributed by atoms with Gasteiger partial charge in [0.05, 0.1) is 0 Å². The van der Waals surface area contributed by atoms with Crippen molar-refractivity contribution in [3.05, 3.63) is 36.5 Å². The van der Waals surface area contributed by atoms with E-state index in [0.29, 0.717) is 12.3 Å². The number of piperidine rings is 1. The lowest BCUT2D eigenvalue weighted by molar-refractivity contribution is -0.134. The minimum Gasteiger partial charge on any atom is -0.343 e. The SMILES string of the molecule is C=C(/C=C\C=C/C)C1CCN(CCC)C(=O)C1.CC. The van der Waals surface area contributed by atoms with E-state index >= 15 is 0 Å². The molecule has 0 aromatic rings. The molecule has 2 heteroatoms. The van der Waals surface area contributed by atoms with Crippen LogP contribution in [0.5, 0.6) is 0 Å². The van der Waals surface area contributed by atoms with Gasteiger partial charge >= 0.3 is 0 Å². The van der Waals surface area contributed by atoms with Crippen LogP contribution in [0.15, 0.2) is 36.5 Å². The Morgan fingerprint density at radius 3 is 2.63 bits per heavy atom. The number of nitrogens with zero attached hydrogens (tertiary/aromatic N) is 1. The first kappa shape index (κ1) is 17.7. The molecule has 1 aliphatic heterocycles. The summed E-state index contributed by atoms with van der Waals surface area (Å²) in [6.45, 7) is 13.9. The second kappa shape index (κ2) is 10.6. The molecule has 2 nitrogen and oxygen atoms in total. The van der Waals surface area contributed by atoms with Gasteiger partial charge < -0.3 is 4.90 Å². The van der Waals surface area contributed by atoms with E-state index in [-0.39, 0.29) is 5.91 Å². The molecule has 1 amide bonds. The van der Waals surface area contributed by atoms with Crippen molar-refractivity contribution in [1.82, 2.24) is 4.90 Å². The summed E-state index contributed by atoms with van der Waals surface area (Å²) < 4.78 is 0. The van der Waals surface area contributed by atoms with Crippen LogP contribution in [0.4, 0.5) is 0 Å². The third-order valence-corrected chi connectivity index (χ3v) is 3.15. The standard InChI is InChI=1S/C15H23NO.C2H6/c1-4-6-7-8-13(3)14-9-11-16(10-5-2)15(17)12-14;1-2/h4,6-8,14H,3,5,9-12H2,1-2H3;1-2H3/b6-4-,8-7-;. The van der Waals surface area contributed by atoms with Crippen molar-refractivity contribution < 1.29 is 4.79 Å². The predicted octanol–water partition coefficient (Wildman–Crippen LogP) is 4.35. The summed E-state index contributed by atoms with van der Waals surface area (Å²) in [6, 6.07) is 0. The summed E-state index contributed by atoms with van der Waals surface area (Å²) in [5, 5.41) is 0. The van der Waals surface area contributed by atoms with Gasteiger partial charge in [0.25, 0.3) is 0 Å². The molecule has 1 atom stereocenters. The normalized spacial score (nSPS) is 19.7. The predicted molar refractivity (Wildman–Crippen MR) is 84.0 cm³/mol. The van der Waals surface area contributed by atoms with Crippen LogP contribution in [0.1, 0.15) is 47.0 Å². The fourth-order valence-corrected chi connectivity index (χ4v) is 2.13. The first-order valence-electron chi connectivity index (χ1n) is 7.45. The van der Waals surface area contributed by atoms with Gasteiger partial charge in [-0.1, -0.05) is 57.2 Å². The van der Waals surface area contributed by atoms with Crippen LogP contribution in [0.25, 0.3) is 0 Å². The van der Waals surface area contributed by atoms with Gasteiger partial charge in [-0.25, -0.2) is 0 Å². The van der Waals surface area contributed by atoms with E-state index in [9.17, 15) is 4.79 Å². The molecule has 0 spiro atoms. The number of hydrogen-bond acceptors (Lipinski definition) is 1. The van der Waals surface area contributed by atoms with Gasteiger partial charge in [0.1, 0.15) is 0 Å². The van der Waals surface area contributed by atoms with Gasteiger partial charge in [-0.3, -0.25) is 4.79 Å². The average Bonchev–Trinajstić information content (AvgIpc) is 2.43. The molecule has 108 valence electrons. The zero-order valence-electron chi connectivity index (χ0n) is 13.0. The van der Waals surface area contributed by atoms with Crippen molar-refractivity contribution in [3.8, 4) is 0 Å². The maximum atomic E-state index is 11.9. The van der Waals surface area contributed by atoms with Crippen LogP contribution >= 0.6 is 0 Å². The number of carbonyl (C=O) groups is 1. The van der Waals surface area contributed by atoms with E-state index < -0.39 is 0 Å². The second-order valence-corrected chi connectivity index (χ2v) is 4.53. The molecular formula is C17H29NO. The topological polar surface area (TPSA) is 20.3 Å². The summed E-state index contributed by atoms with van der Waals surface area (Å²) >= 11 is 0. The molecule has 1 fully saturated rings. The highest BCUT2D eigenvalue weighted by Crippen LogP contribution is 2.25. The quantitative estimate of drug-likeness (QED) is 0.675. The largest absolute Gasteiger partial charge is 0.343 e. The number of amides is 1. The molecule has 0 N–H and O–H groups in total. The lowest BCUT2D eigenvalue weighted by Gasteiger charge is -2.31. The third-order valence-electron chi connectivity index (χ3n) is 3.15. The Morgan fingerprint density at radius 1 is 1.42 bits per heavy atom. The van der Waals surface area contributed by atoms with E-state index in [2.05, 4.69) is 13.5 Å². The number of hydrogen-bond donors (Lipinski definition) is 0. The third kappa shape index (κ3) is 6.42. The maximum Gasteiger partial charge on any atom is 0.223 e. The van der Waals surface area contributed by atoms with Crippen LogP contribution < -0.4 is 0 Å². The van der Waals surface area contributed by atoms with Crippen LogP contribution in [-0.4, -0.2) is 23.9 Å². The molecule has 1 unspecified atom stereocenters. The van der Waals surface area contributed by atoms with Crippen LogP contribution in [0.3, 0.4) is 0 Å². The Morgan fingerprint density at radius 2 is 2.11 bits per heavy atom. The second-order valence-electron chi connectivity index (χ2n) is 4.53. The van der Waals surface area contributed by atoms with Crippen LogP contribution in [-0.2, 0) is 4.79 Å². The summed E-state index contributed by atoms with van der Waals surface area (Å²) in [6.07, 6.45) is 10.7. The highest BCUT2D eigenvalue weighted by molar-refractivity contribution is 5.77. The first-order valence-corrected chi connectivity index (χ1v) is 7.45. The smallest absolute Gasteiger partial charge is 0.223 e. The molecule has 1 heterocycles. The number of carbonyl (C=O) groups excluding carboxylic acids is 1. The lowest BCUT2D eigenvalue weighted by atomic mass is 9.89. The number of likely N-dealkylation sites (tertiary alicyclic amines) is 1. The average molecular weight is 263 g/mol. The Balaban J connectivity index is 0.00000154. The Hall–Kier alpha value is -1.31. The monoisotopic (exact) mass is 263 g/mol. The van der Waals surface area contributed by atoms with Crippen molar-refractivity contribution in [1.29, 1.82) is 0 Å². The molecule has 0 aliphatic carbocycles. The molecule has 1 aliphatic rings. The Bertz CT molecular complexity index is 328. The van der Waals surface area contributed by atoms with Gasteiger partial charge in [-0.2, -0.15) is 0 Å². The lowest BCUT2D eigenvalue weighted by Crippen LogP contribution is -2.39. The van der Waals surface area contributed by atoms with Crippen molar-refractivity contribution in [2.75, 3.05) is 13.1 Å². The van der Waals surface area contributed by atoms with E-state index in [1.165, 1.54) is 0 Å². The molecule has 19 heavy (non-hydrogen) atoms. The molecule has 0 bridgehead atoms. The van der Waals surface area contributed by atoms with E-state index in [4.69, 9.17) is 0 Å². The minimum absolute atomic E-state index is 0.281. The first-order chi connectivity index (χ1) is 9.19. The van der Waals surface area contributed by atoms with E-state index in [0.717, 1.165) is 31.5 Å². The van der Waals surface area contributed by atoms with Crippen molar-refractivity contribution >= 4 is 5.91 Å². The molecular weight excluding hydrogens is 234 g/mol. The van der Waals surface area contributed by atoms with E-state index in [1.807, 2.05) is 50.0 Å². The van der Waals surface area contributed by atoms with Crippen molar-refractivity contribution in [2.24, 2.45) is 5.92 Å². The number of allylic oxidation sites excluding steroid dienone is 5. The summed E-state index contributed by atoms with van der Waals surface area (Å²) in [4.78, 5) is 13.8. The zero-order chi connectivity index (χ0) is 14.7. The van der Waals surface area contributed by atoms with Crippen LogP contribution in [0.2, 0.25) is 0 Å². The van der Waals surface area contributed by atoms with Gasteiger partial charge in [0.15, 0.2) is 0 Å². The van der Waals surface area contributed by atoms with Crippen molar-refractivity contribution in [2.45, 2.75) is 47.0 Å². The van der Waals surface area contributed by atoms with E-state index in [1.54, 1.807) is 0 Å². The molecule has 0 aromatic heterocycles. The van der Waals surface area contributed by atoms with Crippen LogP contribution in [0, 0.1) is 5.92 Å². The molecule has 1 rings (SSSR count). The summed E-state index contributed by atoms with van der Waals surface area (Å²) in [7, 11) is 0. The van der Waals surface area contributed by atoms with Gasteiger partial charge in [-0.15, -0.1) is 0 Å². The zero-order valence-corrected chi connectivity index (χ0v) is 13.0. The maximum absolute atomic E-state index is 11.9. The highest BCUT2D eigenvalue weighted by atomic mass is 16.2.